The number of phenolic OH excluding ortho intramolecular Hbond substituents is 1. The topological polar surface area (TPSA) is 103 Å². The molecular weight excluding hydrogens is 282 g/mol. The number of phenols is 1. The number of nitrogen functional groups attached to an aromatic ring is 1. The fourth-order valence-corrected chi connectivity index (χ4v) is 2.23. The highest BCUT2D eigenvalue weighted by Crippen LogP contribution is 2.26. The van der Waals surface area contributed by atoms with Gasteiger partial charge in [-0.05, 0) is 24.3 Å². The van der Waals surface area contributed by atoms with E-state index in [1.165, 1.54) is 4.68 Å². The van der Waals surface area contributed by atoms with Gasteiger partial charge in [0, 0.05) is 0 Å². The molecule has 0 bridgehead atoms. The van der Waals surface area contributed by atoms with Crippen molar-refractivity contribution in [3.8, 4) is 23.0 Å². The van der Waals surface area contributed by atoms with Crippen LogP contribution in [-0.4, -0.2) is 24.9 Å². The molecule has 3 N–H and O–H groups in total. The van der Waals surface area contributed by atoms with E-state index in [9.17, 15) is 5.11 Å². The molecule has 22 heavy (non-hydrogen) atoms. The van der Waals surface area contributed by atoms with E-state index in [0.29, 0.717) is 28.3 Å². The van der Waals surface area contributed by atoms with E-state index in [2.05, 4.69) is 15.1 Å². The van der Waals surface area contributed by atoms with Gasteiger partial charge in [-0.1, -0.05) is 12.1 Å². The predicted octanol–water partition coefficient (Wildman–Crippen LogP) is 2.36. The minimum Gasteiger partial charge on any atom is -0.506 e. The molecule has 0 spiro atoms. The lowest BCUT2D eigenvalue weighted by atomic mass is 10.3. The minimum absolute atomic E-state index is 0.119. The van der Waals surface area contributed by atoms with E-state index >= 15 is 0 Å². The first-order valence-corrected chi connectivity index (χ1v) is 6.57. The molecule has 0 aliphatic rings. The molecule has 0 saturated heterocycles. The number of aromatic hydroxyl groups is 1. The molecule has 7 heteroatoms. The van der Waals surface area contributed by atoms with Crippen molar-refractivity contribution in [1.82, 2.24) is 19.7 Å². The van der Waals surface area contributed by atoms with Gasteiger partial charge in [0.15, 0.2) is 22.9 Å². The van der Waals surface area contributed by atoms with Crippen molar-refractivity contribution >= 4 is 16.9 Å². The van der Waals surface area contributed by atoms with E-state index in [1.807, 2.05) is 6.07 Å². The molecule has 0 saturated carbocycles. The molecule has 4 aromatic rings. The number of anilines is 1. The summed E-state index contributed by atoms with van der Waals surface area (Å²) in [5.41, 5.74) is 7.54. The van der Waals surface area contributed by atoms with E-state index in [4.69, 9.17) is 10.2 Å². The number of furan rings is 1. The van der Waals surface area contributed by atoms with Gasteiger partial charge in [-0.15, -0.1) is 0 Å². The van der Waals surface area contributed by atoms with Crippen molar-refractivity contribution < 1.29 is 9.52 Å². The number of nitrogens with two attached hydrogens (primary N) is 1. The van der Waals surface area contributed by atoms with E-state index in [-0.39, 0.29) is 11.6 Å². The Morgan fingerprint density at radius 3 is 2.73 bits per heavy atom. The summed E-state index contributed by atoms with van der Waals surface area (Å²) in [6.45, 7) is 0. The highest BCUT2D eigenvalue weighted by molar-refractivity contribution is 5.85. The van der Waals surface area contributed by atoms with Gasteiger partial charge in [-0.25, -0.2) is 14.6 Å². The highest BCUT2D eigenvalue weighted by Gasteiger charge is 2.14. The number of para-hydroxylation sites is 2. The lowest BCUT2D eigenvalue weighted by Gasteiger charge is -2.02. The van der Waals surface area contributed by atoms with Crippen molar-refractivity contribution in [2.45, 2.75) is 0 Å². The van der Waals surface area contributed by atoms with Crippen molar-refractivity contribution in [3.05, 3.63) is 48.9 Å². The van der Waals surface area contributed by atoms with Crippen LogP contribution >= 0.6 is 0 Å². The number of benzene rings is 1. The SMILES string of the molecule is Nc1nc(-c2ccco2)nc2cn(-c3ccccc3O)nc12. The van der Waals surface area contributed by atoms with Gasteiger partial charge >= 0.3 is 0 Å². The molecule has 3 heterocycles. The fraction of sp³-hybridized carbons (Fsp3) is 0. The summed E-state index contributed by atoms with van der Waals surface area (Å²) >= 11 is 0. The zero-order valence-corrected chi connectivity index (χ0v) is 11.3. The Hall–Kier alpha value is -3.35. The van der Waals surface area contributed by atoms with Crippen LogP contribution in [0.3, 0.4) is 0 Å². The summed E-state index contributed by atoms with van der Waals surface area (Å²) in [6, 6.07) is 10.4. The molecule has 0 aliphatic carbocycles. The van der Waals surface area contributed by atoms with Crippen LogP contribution < -0.4 is 5.73 Å². The van der Waals surface area contributed by atoms with Gasteiger partial charge in [0.05, 0.1) is 12.5 Å². The second-order valence-electron chi connectivity index (χ2n) is 4.71. The average molecular weight is 293 g/mol. The molecule has 0 unspecified atom stereocenters. The second-order valence-corrected chi connectivity index (χ2v) is 4.71. The van der Waals surface area contributed by atoms with Crippen LogP contribution in [0, 0.1) is 0 Å². The van der Waals surface area contributed by atoms with Crippen LogP contribution in [0.5, 0.6) is 5.75 Å². The summed E-state index contributed by atoms with van der Waals surface area (Å²) in [4.78, 5) is 8.61. The maximum absolute atomic E-state index is 9.92. The Bertz CT molecular complexity index is 959. The van der Waals surface area contributed by atoms with Crippen molar-refractivity contribution in [3.63, 3.8) is 0 Å². The Morgan fingerprint density at radius 1 is 1.09 bits per heavy atom. The molecule has 1 aromatic carbocycles. The van der Waals surface area contributed by atoms with Crippen LogP contribution in [0.1, 0.15) is 0 Å². The summed E-state index contributed by atoms with van der Waals surface area (Å²) in [5.74, 6) is 1.30. The molecule has 0 radical (unpaired) electrons. The predicted molar refractivity (Wildman–Crippen MR) is 80.4 cm³/mol. The monoisotopic (exact) mass is 293 g/mol. The molecule has 0 aliphatic heterocycles. The van der Waals surface area contributed by atoms with E-state index < -0.39 is 0 Å². The van der Waals surface area contributed by atoms with Gasteiger partial charge < -0.3 is 15.3 Å². The van der Waals surface area contributed by atoms with Gasteiger partial charge in [-0.3, -0.25) is 0 Å². The first-order chi connectivity index (χ1) is 10.7. The van der Waals surface area contributed by atoms with Gasteiger partial charge in [0.25, 0.3) is 0 Å². The maximum Gasteiger partial charge on any atom is 0.198 e. The largest absolute Gasteiger partial charge is 0.506 e. The van der Waals surface area contributed by atoms with E-state index in [1.54, 1.807) is 42.8 Å². The molecule has 7 nitrogen and oxygen atoms in total. The zero-order valence-electron chi connectivity index (χ0n) is 11.3. The van der Waals surface area contributed by atoms with E-state index in [0.717, 1.165) is 0 Å². The summed E-state index contributed by atoms with van der Waals surface area (Å²) in [6.07, 6.45) is 3.24. The Labute approximate surface area is 124 Å². The lowest BCUT2D eigenvalue weighted by molar-refractivity contribution is 0.470. The Kier molecular flexibility index (Phi) is 2.59. The van der Waals surface area contributed by atoms with Gasteiger partial charge in [0.2, 0.25) is 0 Å². The number of hydrogen-bond donors (Lipinski definition) is 2. The quantitative estimate of drug-likeness (QED) is 0.588. The first-order valence-electron chi connectivity index (χ1n) is 6.57. The first kappa shape index (κ1) is 12.4. The van der Waals surface area contributed by atoms with Crippen molar-refractivity contribution in [1.29, 1.82) is 0 Å². The molecule has 0 amide bonds. The van der Waals surface area contributed by atoms with Crippen LogP contribution in [0.4, 0.5) is 5.82 Å². The number of fused-ring (bicyclic) bond motifs is 1. The second kappa shape index (κ2) is 4.59. The van der Waals surface area contributed by atoms with Crippen molar-refractivity contribution in [2.75, 3.05) is 5.73 Å². The van der Waals surface area contributed by atoms with Crippen LogP contribution in [0.25, 0.3) is 28.3 Å². The Balaban J connectivity index is 1.91. The third-order valence-corrected chi connectivity index (χ3v) is 3.26. The normalized spacial score (nSPS) is 11.1. The number of rotatable bonds is 2. The van der Waals surface area contributed by atoms with Crippen LogP contribution in [0.15, 0.2) is 53.3 Å². The zero-order chi connectivity index (χ0) is 15.1. The van der Waals surface area contributed by atoms with Crippen LogP contribution in [0.2, 0.25) is 0 Å². The maximum atomic E-state index is 9.92. The molecule has 4 rings (SSSR count). The fourth-order valence-electron chi connectivity index (χ4n) is 2.23. The molecule has 0 atom stereocenters. The standard InChI is InChI=1S/C15H11N5O2/c16-14-13-9(17-15(18-14)12-6-3-7-22-12)8-20(19-13)10-4-1-2-5-11(10)21/h1-8,21H,(H2,16,17,18). The van der Waals surface area contributed by atoms with Gasteiger partial charge in [0.1, 0.15) is 17.0 Å². The minimum atomic E-state index is 0.119. The van der Waals surface area contributed by atoms with Crippen LogP contribution in [-0.2, 0) is 0 Å². The highest BCUT2D eigenvalue weighted by atomic mass is 16.3. The molecule has 108 valence electrons. The number of hydrogen-bond acceptors (Lipinski definition) is 6. The average Bonchev–Trinajstić information content (AvgIpc) is 3.17. The van der Waals surface area contributed by atoms with Crippen molar-refractivity contribution in [2.24, 2.45) is 0 Å². The van der Waals surface area contributed by atoms with Gasteiger partial charge in [-0.2, -0.15) is 5.10 Å². The molecule has 0 fully saturated rings. The smallest absolute Gasteiger partial charge is 0.198 e. The summed E-state index contributed by atoms with van der Waals surface area (Å²) in [5, 5.41) is 14.3. The Morgan fingerprint density at radius 2 is 1.95 bits per heavy atom. The third-order valence-electron chi connectivity index (χ3n) is 3.26. The number of aromatic nitrogens is 4. The molecule has 3 aromatic heterocycles. The lowest BCUT2D eigenvalue weighted by Crippen LogP contribution is -1.97. The third kappa shape index (κ3) is 1.87. The number of nitrogens with zero attached hydrogens (tertiary/aromatic N) is 4. The molecular formula is C15H11N5O2. The summed E-state index contributed by atoms with van der Waals surface area (Å²) in [7, 11) is 0. The summed E-state index contributed by atoms with van der Waals surface area (Å²) < 4.78 is 6.81.